The van der Waals surface area contributed by atoms with Crippen LogP contribution in [0.15, 0.2) is 5.57 Å². The zero-order valence-corrected chi connectivity index (χ0v) is 5.85. The maximum absolute atomic E-state index is 8.60. The van der Waals surface area contributed by atoms with Gasteiger partial charge in [0.2, 0.25) is 0 Å². The van der Waals surface area contributed by atoms with Gasteiger partial charge in [-0.05, 0) is 25.1 Å². The summed E-state index contributed by atoms with van der Waals surface area (Å²) in [6.07, 6.45) is 4.09. The average Bonchev–Trinajstić information content (AvgIpc) is 2.04. The number of hydrogen-bond acceptors (Lipinski definition) is 2. The largest absolute Gasteiger partial charge is 0.259 e. The Hall–Kier alpha value is -1.06. The van der Waals surface area contributed by atoms with Gasteiger partial charge in [-0.15, -0.1) is 0 Å². The molecule has 2 nitrogen and oxygen atoms in total. The number of nitrogens with zero attached hydrogens (tertiary/aromatic N) is 1. The number of allylic oxidation sites excluding steroid dienone is 1. The first-order chi connectivity index (χ1) is 4.88. The van der Waals surface area contributed by atoms with Crippen molar-refractivity contribution in [2.45, 2.75) is 25.7 Å². The van der Waals surface area contributed by atoms with E-state index >= 15 is 0 Å². The molecule has 0 spiro atoms. The Bertz CT molecular complexity index is 206. The monoisotopic (exact) mass is 134 g/mol. The molecule has 52 valence electrons. The Kier molecular flexibility index (Phi) is 2.25. The van der Waals surface area contributed by atoms with Gasteiger partial charge in [0, 0.05) is 5.57 Å². The predicted molar refractivity (Wildman–Crippen MR) is 38.8 cm³/mol. The van der Waals surface area contributed by atoms with E-state index < -0.39 is 0 Å². The number of rotatable bonds is 0. The molecule has 0 heterocycles. The van der Waals surface area contributed by atoms with E-state index in [-0.39, 0.29) is 5.92 Å². The van der Waals surface area contributed by atoms with Crippen LogP contribution in [0, 0.1) is 22.7 Å². The number of nitriles is 1. The van der Waals surface area contributed by atoms with Gasteiger partial charge in [0.15, 0.2) is 0 Å². The minimum Gasteiger partial charge on any atom is -0.259 e. The van der Waals surface area contributed by atoms with Crippen molar-refractivity contribution in [3.63, 3.8) is 0 Å². The van der Waals surface area contributed by atoms with Crippen LogP contribution in [0.3, 0.4) is 0 Å². The highest BCUT2D eigenvalue weighted by Gasteiger charge is 2.17. The van der Waals surface area contributed by atoms with Crippen LogP contribution < -0.4 is 0 Å². The van der Waals surface area contributed by atoms with E-state index in [9.17, 15) is 0 Å². The average molecular weight is 134 g/mol. The van der Waals surface area contributed by atoms with Gasteiger partial charge in [0.25, 0.3) is 0 Å². The highest BCUT2D eigenvalue weighted by molar-refractivity contribution is 5.56. The van der Waals surface area contributed by atoms with Crippen molar-refractivity contribution in [1.82, 2.24) is 0 Å². The van der Waals surface area contributed by atoms with Crippen molar-refractivity contribution in [1.29, 1.82) is 10.7 Å². The fourth-order valence-corrected chi connectivity index (χ4v) is 1.30. The molecule has 0 aromatic carbocycles. The van der Waals surface area contributed by atoms with Crippen LogP contribution in [-0.2, 0) is 0 Å². The molecule has 0 aromatic rings. The molecule has 10 heavy (non-hydrogen) atoms. The summed E-state index contributed by atoms with van der Waals surface area (Å²) in [5.74, 6) is 2.34. The van der Waals surface area contributed by atoms with E-state index in [4.69, 9.17) is 10.7 Å². The topological polar surface area (TPSA) is 47.6 Å². The summed E-state index contributed by atoms with van der Waals surface area (Å²) in [5, 5.41) is 15.5. The van der Waals surface area contributed by atoms with Crippen molar-refractivity contribution >= 4 is 5.87 Å². The molecule has 1 saturated carbocycles. The molecule has 2 heteroatoms. The quantitative estimate of drug-likeness (QED) is 0.505. The van der Waals surface area contributed by atoms with Gasteiger partial charge in [0.1, 0.15) is 0 Å². The Balaban J connectivity index is 2.71. The fraction of sp³-hybridized carbons (Fsp3) is 0.625. The lowest BCUT2D eigenvalue weighted by Crippen LogP contribution is -2.07. The van der Waals surface area contributed by atoms with E-state index in [1.54, 1.807) is 0 Å². The smallest absolute Gasteiger partial charge is 0.0762 e. The molecule has 0 radical (unpaired) electrons. The van der Waals surface area contributed by atoms with Gasteiger partial charge in [-0.3, -0.25) is 5.41 Å². The molecule has 0 aliphatic heterocycles. The maximum Gasteiger partial charge on any atom is 0.0762 e. The van der Waals surface area contributed by atoms with Crippen LogP contribution in [0.4, 0.5) is 0 Å². The first-order valence-corrected chi connectivity index (χ1v) is 3.56. The molecule has 1 aliphatic carbocycles. The second-order valence-corrected chi connectivity index (χ2v) is 2.58. The van der Waals surface area contributed by atoms with E-state index in [1.807, 2.05) is 0 Å². The second kappa shape index (κ2) is 3.20. The Morgan fingerprint density at radius 2 is 2.30 bits per heavy atom. The summed E-state index contributed by atoms with van der Waals surface area (Å²) in [6.45, 7) is 0. The summed E-state index contributed by atoms with van der Waals surface area (Å²) in [7, 11) is 0. The molecule has 1 atom stereocenters. The van der Waals surface area contributed by atoms with Crippen LogP contribution in [0.5, 0.6) is 0 Å². The number of nitrogens with one attached hydrogen (secondary N) is 1. The molecule has 1 fully saturated rings. The second-order valence-electron chi connectivity index (χ2n) is 2.58. The normalized spacial score (nSPS) is 25.1. The van der Waals surface area contributed by atoms with Gasteiger partial charge in [0.05, 0.1) is 12.0 Å². The van der Waals surface area contributed by atoms with Gasteiger partial charge >= 0.3 is 0 Å². The highest BCUT2D eigenvalue weighted by Crippen LogP contribution is 2.26. The molecule has 1 N–H and O–H groups in total. The molecular formula is C8H10N2. The fourth-order valence-electron chi connectivity index (χ4n) is 1.30. The van der Waals surface area contributed by atoms with Crippen LogP contribution in [0.2, 0.25) is 0 Å². The van der Waals surface area contributed by atoms with Crippen molar-refractivity contribution in [3.8, 4) is 6.07 Å². The van der Waals surface area contributed by atoms with E-state index in [1.165, 1.54) is 0 Å². The maximum atomic E-state index is 8.60. The third kappa shape index (κ3) is 1.26. The van der Waals surface area contributed by atoms with Crippen LogP contribution in [-0.4, -0.2) is 5.87 Å². The van der Waals surface area contributed by atoms with Crippen molar-refractivity contribution in [2.24, 2.45) is 5.92 Å². The van der Waals surface area contributed by atoms with Crippen molar-refractivity contribution < 1.29 is 0 Å². The van der Waals surface area contributed by atoms with E-state index in [0.717, 1.165) is 31.3 Å². The van der Waals surface area contributed by atoms with Gasteiger partial charge in [-0.25, -0.2) is 0 Å². The lowest BCUT2D eigenvalue weighted by atomic mass is 9.86. The summed E-state index contributed by atoms with van der Waals surface area (Å²) in [5.41, 5.74) is 0.897. The van der Waals surface area contributed by atoms with Crippen molar-refractivity contribution in [2.75, 3.05) is 0 Å². The highest BCUT2D eigenvalue weighted by atomic mass is 14.3. The zero-order valence-electron chi connectivity index (χ0n) is 5.85. The molecule has 1 aliphatic rings. The van der Waals surface area contributed by atoms with Gasteiger partial charge in [-0.2, -0.15) is 5.26 Å². The predicted octanol–water partition coefficient (Wildman–Crippen LogP) is 1.88. The van der Waals surface area contributed by atoms with Crippen LogP contribution in [0.25, 0.3) is 0 Å². The Labute approximate surface area is 60.7 Å². The molecule has 1 rings (SSSR count). The van der Waals surface area contributed by atoms with Crippen LogP contribution >= 0.6 is 0 Å². The molecule has 0 amide bonds. The summed E-state index contributed by atoms with van der Waals surface area (Å²) in [6, 6.07) is 2.19. The molecular weight excluding hydrogens is 124 g/mol. The summed E-state index contributed by atoms with van der Waals surface area (Å²) >= 11 is 0. The minimum absolute atomic E-state index is 0.00810. The minimum atomic E-state index is -0.00810. The Morgan fingerprint density at radius 3 is 2.80 bits per heavy atom. The zero-order chi connectivity index (χ0) is 7.40. The SMILES string of the molecule is N#CC1CCCCC1=C=N. The standard InChI is InChI=1S/C8H10N2/c9-5-7-3-1-2-4-8(7)6-10/h7,10H,1-4H2. The molecule has 0 bridgehead atoms. The lowest BCUT2D eigenvalue weighted by molar-refractivity contribution is 0.532. The molecule has 0 saturated heterocycles. The van der Waals surface area contributed by atoms with Crippen molar-refractivity contribution in [3.05, 3.63) is 5.57 Å². The number of hydrogen-bond donors (Lipinski definition) is 1. The third-order valence-corrected chi connectivity index (χ3v) is 1.93. The van der Waals surface area contributed by atoms with Gasteiger partial charge < -0.3 is 0 Å². The summed E-state index contributed by atoms with van der Waals surface area (Å²) < 4.78 is 0. The Morgan fingerprint density at radius 1 is 1.50 bits per heavy atom. The molecule has 0 aromatic heterocycles. The molecule has 1 unspecified atom stereocenters. The van der Waals surface area contributed by atoms with Crippen LogP contribution in [0.1, 0.15) is 25.7 Å². The first kappa shape index (κ1) is 7.05. The third-order valence-electron chi connectivity index (χ3n) is 1.93. The lowest BCUT2D eigenvalue weighted by Gasteiger charge is -2.15. The van der Waals surface area contributed by atoms with E-state index in [2.05, 4.69) is 11.9 Å². The first-order valence-electron chi connectivity index (χ1n) is 3.56. The summed E-state index contributed by atoms with van der Waals surface area (Å²) in [4.78, 5) is 0. The van der Waals surface area contributed by atoms with Gasteiger partial charge in [-0.1, -0.05) is 6.42 Å². The van der Waals surface area contributed by atoms with E-state index in [0.29, 0.717) is 0 Å².